The number of amides is 1. The predicted octanol–water partition coefficient (Wildman–Crippen LogP) is 5.41. The average Bonchev–Trinajstić information content (AvgIpc) is 3.08. The van der Waals surface area contributed by atoms with E-state index in [9.17, 15) is 9.90 Å². The number of benzene rings is 3. The maximum atomic E-state index is 12.5. The number of rotatable bonds is 3. The van der Waals surface area contributed by atoms with Gasteiger partial charge < -0.3 is 14.8 Å². The second-order valence-corrected chi connectivity index (χ2v) is 6.52. The summed E-state index contributed by atoms with van der Waals surface area (Å²) >= 11 is 6.09. The first-order valence-electron chi connectivity index (χ1n) is 8.28. The van der Waals surface area contributed by atoms with Gasteiger partial charge in [0.05, 0.1) is 16.1 Å². The van der Waals surface area contributed by atoms with Crippen molar-refractivity contribution in [3.8, 4) is 17.2 Å². The molecule has 0 saturated heterocycles. The van der Waals surface area contributed by atoms with E-state index in [2.05, 4.69) is 10.3 Å². The fraction of sp³-hybridized carbons (Fsp3) is 0.0476. The zero-order chi connectivity index (χ0) is 19.0. The minimum Gasteiger partial charge on any atom is -0.507 e. The highest BCUT2D eigenvalue weighted by Crippen LogP contribution is 2.36. The molecule has 1 amide bonds. The van der Waals surface area contributed by atoms with Crippen LogP contribution in [-0.4, -0.2) is 16.0 Å². The Kier molecular flexibility index (Phi) is 4.30. The Morgan fingerprint density at radius 1 is 1.11 bits per heavy atom. The van der Waals surface area contributed by atoms with E-state index in [0.29, 0.717) is 38.5 Å². The van der Waals surface area contributed by atoms with Crippen LogP contribution in [0.5, 0.6) is 5.75 Å². The summed E-state index contributed by atoms with van der Waals surface area (Å²) in [6, 6.07) is 17.4. The molecule has 134 valence electrons. The third-order valence-corrected chi connectivity index (χ3v) is 4.53. The van der Waals surface area contributed by atoms with Crippen molar-refractivity contribution in [1.82, 2.24) is 4.98 Å². The van der Waals surface area contributed by atoms with Crippen molar-refractivity contribution in [2.45, 2.75) is 6.92 Å². The lowest BCUT2D eigenvalue weighted by Gasteiger charge is -2.11. The number of nitrogens with zero attached hydrogens (tertiary/aromatic N) is 1. The zero-order valence-corrected chi connectivity index (χ0v) is 15.1. The van der Waals surface area contributed by atoms with Gasteiger partial charge in [0, 0.05) is 5.69 Å². The molecule has 1 heterocycles. The normalized spacial score (nSPS) is 10.9. The van der Waals surface area contributed by atoms with Crippen molar-refractivity contribution < 1.29 is 14.3 Å². The standard InChI is InChI=1S/C21H15ClN2O3/c1-12-10-13(23-20(26)14-6-2-3-7-16(14)22)11-15(19(12)25)21-24-17-8-4-5-9-18(17)27-21/h2-11,25H,1H3,(H,23,26). The first-order valence-corrected chi connectivity index (χ1v) is 8.66. The van der Waals surface area contributed by atoms with Gasteiger partial charge >= 0.3 is 0 Å². The number of hydrogen-bond donors (Lipinski definition) is 2. The summed E-state index contributed by atoms with van der Waals surface area (Å²) in [5.41, 5.74) is 3.18. The van der Waals surface area contributed by atoms with Crippen LogP contribution in [0.1, 0.15) is 15.9 Å². The topological polar surface area (TPSA) is 75.4 Å². The average molecular weight is 379 g/mol. The van der Waals surface area contributed by atoms with Gasteiger partial charge in [-0.2, -0.15) is 0 Å². The molecule has 3 aromatic carbocycles. The molecule has 0 saturated carbocycles. The number of para-hydroxylation sites is 2. The molecule has 0 fully saturated rings. The SMILES string of the molecule is Cc1cc(NC(=O)c2ccccc2Cl)cc(-c2nc3ccccc3o2)c1O. The predicted molar refractivity (Wildman–Crippen MR) is 105 cm³/mol. The molecule has 6 heteroatoms. The number of aromatic hydroxyl groups is 1. The van der Waals surface area contributed by atoms with Gasteiger partial charge in [-0.1, -0.05) is 35.9 Å². The quantitative estimate of drug-likeness (QED) is 0.467. The molecular weight excluding hydrogens is 364 g/mol. The van der Waals surface area contributed by atoms with Gasteiger partial charge in [0.15, 0.2) is 5.58 Å². The van der Waals surface area contributed by atoms with Crippen LogP contribution in [0.2, 0.25) is 5.02 Å². The Bertz CT molecular complexity index is 1130. The Labute approximate surface area is 160 Å². The maximum absolute atomic E-state index is 12.5. The molecule has 0 radical (unpaired) electrons. The van der Waals surface area contributed by atoms with Crippen molar-refractivity contribution >= 4 is 34.3 Å². The molecule has 0 aliphatic heterocycles. The van der Waals surface area contributed by atoms with Crippen LogP contribution in [0.4, 0.5) is 5.69 Å². The molecule has 1 aromatic heterocycles. The van der Waals surface area contributed by atoms with E-state index in [0.717, 1.165) is 0 Å². The van der Waals surface area contributed by atoms with Crippen molar-refractivity contribution in [3.63, 3.8) is 0 Å². The number of aromatic nitrogens is 1. The fourth-order valence-electron chi connectivity index (χ4n) is 2.85. The molecule has 0 spiro atoms. The lowest BCUT2D eigenvalue weighted by atomic mass is 10.1. The third-order valence-electron chi connectivity index (χ3n) is 4.20. The van der Waals surface area contributed by atoms with Gasteiger partial charge in [-0.3, -0.25) is 4.79 Å². The second kappa shape index (κ2) is 6.78. The van der Waals surface area contributed by atoms with Crippen LogP contribution in [-0.2, 0) is 0 Å². The number of halogens is 1. The smallest absolute Gasteiger partial charge is 0.257 e. The summed E-state index contributed by atoms with van der Waals surface area (Å²) in [5.74, 6) is -0.00264. The highest BCUT2D eigenvalue weighted by molar-refractivity contribution is 6.34. The van der Waals surface area contributed by atoms with E-state index < -0.39 is 0 Å². The number of phenolic OH excluding ortho intramolecular Hbond substituents is 1. The summed E-state index contributed by atoms with van der Waals surface area (Å²) in [5, 5.41) is 13.6. The Hall–Kier alpha value is -3.31. The number of carbonyl (C=O) groups is 1. The molecule has 5 nitrogen and oxygen atoms in total. The number of nitrogens with one attached hydrogen (secondary N) is 1. The number of fused-ring (bicyclic) bond motifs is 1. The molecule has 0 atom stereocenters. The molecule has 4 aromatic rings. The summed E-state index contributed by atoms with van der Waals surface area (Å²) in [4.78, 5) is 16.9. The molecule has 2 N–H and O–H groups in total. The number of hydrogen-bond acceptors (Lipinski definition) is 4. The zero-order valence-electron chi connectivity index (χ0n) is 14.4. The van der Waals surface area contributed by atoms with Crippen LogP contribution in [0.15, 0.2) is 65.1 Å². The van der Waals surface area contributed by atoms with Gasteiger partial charge in [-0.25, -0.2) is 4.98 Å². The highest BCUT2D eigenvalue weighted by atomic mass is 35.5. The van der Waals surface area contributed by atoms with Crippen LogP contribution in [0, 0.1) is 6.92 Å². The summed E-state index contributed by atoms with van der Waals surface area (Å²) in [6.45, 7) is 1.74. The molecular formula is C21H15ClN2O3. The Morgan fingerprint density at radius 3 is 2.63 bits per heavy atom. The van der Waals surface area contributed by atoms with Crippen molar-refractivity contribution in [3.05, 3.63) is 76.8 Å². The van der Waals surface area contributed by atoms with Crippen molar-refractivity contribution in [2.24, 2.45) is 0 Å². The number of oxazole rings is 1. The van der Waals surface area contributed by atoms with E-state index in [4.69, 9.17) is 16.0 Å². The molecule has 4 rings (SSSR count). The van der Waals surface area contributed by atoms with E-state index >= 15 is 0 Å². The first-order chi connectivity index (χ1) is 13.0. The summed E-state index contributed by atoms with van der Waals surface area (Å²) in [7, 11) is 0. The number of anilines is 1. The summed E-state index contributed by atoms with van der Waals surface area (Å²) in [6.07, 6.45) is 0. The van der Waals surface area contributed by atoms with Crippen LogP contribution in [0.25, 0.3) is 22.6 Å². The minimum absolute atomic E-state index is 0.0531. The number of aryl methyl sites for hydroxylation is 1. The number of phenols is 1. The molecule has 27 heavy (non-hydrogen) atoms. The lowest BCUT2D eigenvalue weighted by molar-refractivity contribution is 0.102. The Balaban J connectivity index is 1.73. The minimum atomic E-state index is -0.339. The Morgan fingerprint density at radius 2 is 1.85 bits per heavy atom. The third kappa shape index (κ3) is 3.25. The molecule has 0 aliphatic carbocycles. The first kappa shape index (κ1) is 17.1. The van der Waals surface area contributed by atoms with E-state index in [1.165, 1.54) is 0 Å². The van der Waals surface area contributed by atoms with Crippen molar-refractivity contribution in [2.75, 3.05) is 5.32 Å². The van der Waals surface area contributed by atoms with Gasteiger partial charge in [0.2, 0.25) is 5.89 Å². The van der Waals surface area contributed by atoms with Gasteiger partial charge in [0.1, 0.15) is 11.3 Å². The lowest BCUT2D eigenvalue weighted by Crippen LogP contribution is -2.12. The van der Waals surface area contributed by atoms with Crippen LogP contribution < -0.4 is 5.32 Å². The largest absolute Gasteiger partial charge is 0.507 e. The van der Waals surface area contributed by atoms with E-state index in [1.807, 2.05) is 18.2 Å². The second-order valence-electron chi connectivity index (χ2n) is 6.11. The summed E-state index contributed by atoms with van der Waals surface area (Å²) < 4.78 is 5.75. The molecule has 0 bridgehead atoms. The van der Waals surface area contributed by atoms with Crippen LogP contribution >= 0.6 is 11.6 Å². The van der Waals surface area contributed by atoms with Gasteiger partial charge in [-0.05, 0) is 48.9 Å². The van der Waals surface area contributed by atoms with E-state index in [-0.39, 0.29) is 17.5 Å². The maximum Gasteiger partial charge on any atom is 0.257 e. The fourth-order valence-corrected chi connectivity index (χ4v) is 3.07. The molecule has 0 aliphatic rings. The number of carbonyl (C=O) groups excluding carboxylic acids is 1. The van der Waals surface area contributed by atoms with Gasteiger partial charge in [-0.15, -0.1) is 0 Å². The van der Waals surface area contributed by atoms with E-state index in [1.54, 1.807) is 49.4 Å². The van der Waals surface area contributed by atoms with Gasteiger partial charge in [0.25, 0.3) is 5.91 Å². The van der Waals surface area contributed by atoms with Crippen molar-refractivity contribution in [1.29, 1.82) is 0 Å². The highest BCUT2D eigenvalue weighted by Gasteiger charge is 2.17. The van der Waals surface area contributed by atoms with Crippen LogP contribution in [0.3, 0.4) is 0 Å². The monoisotopic (exact) mass is 378 g/mol. The molecule has 0 unspecified atom stereocenters.